The summed E-state index contributed by atoms with van der Waals surface area (Å²) in [6.07, 6.45) is 4.16. The second-order valence-electron chi connectivity index (χ2n) is 8.65. The van der Waals surface area contributed by atoms with Crippen molar-refractivity contribution in [2.24, 2.45) is 0 Å². The first-order valence-corrected chi connectivity index (χ1v) is 10.7. The Morgan fingerprint density at radius 1 is 1.27 bits per heavy atom. The quantitative estimate of drug-likeness (QED) is 0.412. The second-order valence-corrected chi connectivity index (χ2v) is 9.05. The highest BCUT2D eigenvalue weighted by atomic mass is 35.5. The zero-order chi connectivity index (χ0) is 21.3. The molecule has 1 aromatic heterocycles. The molecule has 2 aliphatic heterocycles. The summed E-state index contributed by atoms with van der Waals surface area (Å²) in [4.78, 5) is 19.0. The predicted molar refractivity (Wildman–Crippen MR) is 123 cm³/mol. The standard InChI is InChI=1S/C25H25ClN3O/c1-5-23(30)28-13-11-25(15-28)24-17(3)20(26)8-9-22(24)29(25,4)18-6-7-19-16(2)10-12-27-21(19)14-18/h5-10,12,14H,1,11,13,15H2,2-4H3/q+1/t25-,29?/m1/s1. The lowest BCUT2D eigenvalue weighted by Crippen LogP contribution is -2.67. The topological polar surface area (TPSA) is 33.2 Å². The van der Waals surface area contributed by atoms with Crippen molar-refractivity contribution >= 4 is 39.8 Å². The Morgan fingerprint density at radius 3 is 2.83 bits per heavy atom. The molecule has 2 atom stereocenters. The summed E-state index contributed by atoms with van der Waals surface area (Å²) in [5.74, 6) is -0.0117. The van der Waals surface area contributed by atoms with Crippen LogP contribution in [0.2, 0.25) is 5.02 Å². The van der Waals surface area contributed by atoms with Crippen LogP contribution in [0, 0.1) is 13.8 Å². The number of rotatable bonds is 2. The number of halogens is 1. The second kappa shape index (κ2) is 6.40. The molecule has 152 valence electrons. The number of aryl methyl sites for hydroxylation is 1. The number of nitrogens with zero attached hydrogens (tertiary/aromatic N) is 3. The smallest absolute Gasteiger partial charge is 0.246 e. The van der Waals surface area contributed by atoms with E-state index < -0.39 is 0 Å². The first-order chi connectivity index (χ1) is 14.3. The summed E-state index contributed by atoms with van der Waals surface area (Å²) in [5.41, 5.74) is 6.83. The maximum atomic E-state index is 12.4. The van der Waals surface area contributed by atoms with Gasteiger partial charge in [-0.05, 0) is 49.2 Å². The van der Waals surface area contributed by atoms with Crippen LogP contribution in [0.1, 0.15) is 23.1 Å². The average Bonchev–Trinajstić information content (AvgIpc) is 3.22. The largest absolute Gasteiger partial charge is 0.332 e. The van der Waals surface area contributed by atoms with Crippen molar-refractivity contribution in [3.8, 4) is 0 Å². The van der Waals surface area contributed by atoms with Crippen molar-refractivity contribution in [1.29, 1.82) is 0 Å². The fourth-order valence-electron chi connectivity index (χ4n) is 5.66. The molecule has 0 N–H and O–H groups in total. The molecular formula is C25H25ClN3O+. The van der Waals surface area contributed by atoms with Gasteiger partial charge in [0.05, 0.1) is 24.7 Å². The molecular weight excluding hydrogens is 394 g/mol. The molecule has 30 heavy (non-hydrogen) atoms. The van der Waals surface area contributed by atoms with Gasteiger partial charge in [0.1, 0.15) is 11.4 Å². The molecule has 4 nitrogen and oxygen atoms in total. The SMILES string of the molecule is C=CC(=O)N1CC[C@@]2(C1)c1c(ccc(Cl)c1C)[N+]2(C)c1ccc2c(C)ccnc2c1. The van der Waals surface area contributed by atoms with E-state index in [-0.39, 0.29) is 11.4 Å². The number of aromatic nitrogens is 1. The summed E-state index contributed by atoms with van der Waals surface area (Å²) in [7, 11) is 2.26. The molecule has 1 saturated heterocycles. The van der Waals surface area contributed by atoms with E-state index in [1.54, 1.807) is 0 Å². The minimum atomic E-state index is -0.222. The van der Waals surface area contributed by atoms with Crippen LogP contribution in [-0.4, -0.2) is 35.9 Å². The van der Waals surface area contributed by atoms with Gasteiger partial charge in [-0.1, -0.05) is 18.2 Å². The third-order valence-electron chi connectivity index (χ3n) is 7.37. The van der Waals surface area contributed by atoms with Crippen molar-refractivity contribution in [1.82, 2.24) is 14.4 Å². The minimum absolute atomic E-state index is 0.0117. The lowest BCUT2D eigenvalue weighted by atomic mass is 9.72. The van der Waals surface area contributed by atoms with Gasteiger partial charge in [-0.2, -0.15) is 0 Å². The summed E-state index contributed by atoms with van der Waals surface area (Å²) in [5, 5.41) is 1.95. The average molecular weight is 419 g/mol. The number of quaternary nitrogens is 1. The van der Waals surface area contributed by atoms with E-state index in [2.05, 4.69) is 56.7 Å². The van der Waals surface area contributed by atoms with Crippen LogP contribution in [0.4, 0.5) is 11.4 Å². The molecule has 0 radical (unpaired) electrons. The number of amides is 1. The number of likely N-dealkylation sites (tertiary alicyclic amines) is 1. The van der Waals surface area contributed by atoms with E-state index in [0.717, 1.165) is 29.1 Å². The maximum absolute atomic E-state index is 12.4. The molecule has 5 heteroatoms. The van der Waals surface area contributed by atoms with E-state index in [1.807, 2.05) is 23.2 Å². The number of carbonyl (C=O) groups is 1. The first-order valence-electron chi connectivity index (χ1n) is 10.3. The van der Waals surface area contributed by atoms with Crippen molar-refractivity contribution < 1.29 is 4.79 Å². The molecule has 0 bridgehead atoms. The number of hydrogen-bond donors (Lipinski definition) is 0. The van der Waals surface area contributed by atoms with Crippen LogP contribution >= 0.6 is 11.6 Å². The van der Waals surface area contributed by atoms with E-state index in [0.29, 0.717) is 11.0 Å². The van der Waals surface area contributed by atoms with Crippen molar-refractivity contribution in [3.05, 3.63) is 77.0 Å². The lowest BCUT2D eigenvalue weighted by Gasteiger charge is -2.57. The zero-order valence-electron chi connectivity index (χ0n) is 17.6. The van der Waals surface area contributed by atoms with E-state index in [9.17, 15) is 4.79 Å². The molecule has 2 aliphatic rings. The van der Waals surface area contributed by atoms with Gasteiger partial charge in [-0.15, -0.1) is 0 Å². The van der Waals surface area contributed by atoms with Gasteiger partial charge < -0.3 is 4.90 Å². The Labute approximate surface area is 182 Å². The summed E-state index contributed by atoms with van der Waals surface area (Å²) in [6, 6.07) is 12.8. The van der Waals surface area contributed by atoms with Gasteiger partial charge in [0, 0.05) is 47.8 Å². The molecule has 1 amide bonds. The highest BCUT2D eigenvalue weighted by Gasteiger charge is 2.67. The molecule has 5 rings (SSSR count). The molecule has 0 aliphatic carbocycles. The Morgan fingerprint density at radius 2 is 2.07 bits per heavy atom. The fourth-order valence-corrected chi connectivity index (χ4v) is 5.81. The Hall–Kier alpha value is -2.69. The van der Waals surface area contributed by atoms with Crippen molar-refractivity contribution in [3.63, 3.8) is 0 Å². The van der Waals surface area contributed by atoms with Crippen LogP contribution in [0.3, 0.4) is 0 Å². The molecule has 3 heterocycles. The van der Waals surface area contributed by atoms with Crippen molar-refractivity contribution in [2.45, 2.75) is 25.8 Å². The first kappa shape index (κ1) is 19.3. The van der Waals surface area contributed by atoms with E-state index >= 15 is 0 Å². The molecule has 1 fully saturated rings. The number of benzene rings is 2. The normalized spacial score (nSPS) is 24.7. The van der Waals surface area contributed by atoms with Crippen molar-refractivity contribution in [2.75, 3.05) is 20.1 Å². The monoisotopic (exact) mass is 418 g/mol. The summed E-state index contributed by atoms with van der Waals surface area (Å²) in [6.45, 7) is 9.26. The molecule has 2 aromatic carbocycles. The highest BCUT2D eigenvalue weighted by Crippen LogP contribution is 2.63. The lowest BCUT2D eigenvalue weighted by molar-refractivity contribution is -0.125. The Bertz CT molecular complexity index is 1240. The van der Waals surface area contributed by atoms with Crippen LogP contribution in [-0.2, 0) is 10.3 Å². The fraction of sp³-hybridized carbons (Fsp3) is 0.280. The van der Waals surface area contributed by atoms with Crippen LogP contribution in [0.25, 0.3) is 10.9 Å². The van der Waals surface area contributed by atoms with Crippen LogP contribution < -0.4 is 4.48 Å². The number of pyridine rings is 1. The third-order valence-corrected chi connectivity index (χ3v) is 7.78. The Balaban J connectivity index is 1.73. The van der Waals surface area contributed by atoms with Gasteiger partial charge in [0.25, 0.3) is 0 Å². The predicted octanol–water partition coefficient (Wildman–Crippen LogP) is 5.40. The minimum Gasteiger partial charge on any atom is -0.332 e. The van der Waals surface area contributed by atoms with Crippen LogP contribution in [0.15, 0.2) is 55.3 Å². The number of hydrogen-bond acceptors (Lipinski definition) is 2. The summed E-state index contributed by atoms with van der Waals surface area (Å²) >= 11 is 6.53. The summed E-state index contributed by atoms with van der Waals surface area (Å²) < 4.78 is 0.646. The molecule has 0 saturated carbocycles. The van der Waals surface area contributed by atoms with E-state index in [1.165, 1.54) is 34.0 Å². The van der Waals surface area contributed by atoms with Gasteiger partial charge in [0.15, 0.2) is 5.54 Å². The van der Waals surface area contributed by atoms with Gasteiger partial charge in [-0.3, -0.25) is 14.3 Å². The van der Waals surface area contributed by atoms with E-state index in [4.69, 9.17) is 11.6 Å². The third kappa shape index (κ3) is 2.26. The number of likely N-dealkylation sites (N-methyl/N-ethyl adjacent to an activating group) is 1. The maximum Gasteiger partial charge on any atom is 0.246 e. The number of fused-ring (bicyclic) bond motifs is 3. The number of carbonyl (C=O) groups excluding carboxylic acids is 1. The zero-order valence-corrected chi connectivity index (χ0v) is 18.3. The molecule has 1 spiro atoms. The van der Waals surface area contributed by atoms with Gasteiger partial charge in [0.2, 0.25) is 5.91 Å². The molecule has 1 unspecified atom stereocenters. The highest BCUT2D eigenvalue weighted by molar-refractivity contribution is 6.31. The van der Waals surface area contributed by atoms with Crippen LogP contribution in [0.5, 0.6) is 0 Å². The Kier molecular flexibility index (Phi) is 4.12. The van der Waals surface area contributed by atoms with Gasteiger partial charge in [-0.25, -0.2) is 0 Å². The van der Waals surface area contributed by atoms with Gasteiger partial charge >= 0.3 is 0 Å². The molecule has 3 aromatic rings.